The molecule has 2 amide bonds. The van der Waals surface area contributed by atoms with E-state index >= 15 is 0 Å². The van der Waals surface area contributed by atoms with Crippen LogP contribution in [0.15, 0.2) is 18.2 Å². The summed E-state index contributed by atoms with van der Waals surface area (Å²) in [4.78, 5) is 24.6. The largest absolute Gasteiger partial charge is 0.343 e. The van der Waals surface area contributed by atoms with Crippen molar-refractivity contribution in [2.75, 3.05) is 4.90 Å². The number of hydrogen-bond acceptors (Lipinski definition) is 2. The zero-order chi connectivity index (χ0) is 13.4. The first-order valence-electron chi connectivity index (χ1n) is 5.50. The molecule has 18 heavy (non-hydrogen) atoms. The van der Waals surface area contributed by atoms with E-state index in [4.69, 9.17) is 0 Å². The van der Waals surface area contributed by atoms with Gasteiger partial charge in [0, 0.05) is 6.07 Å². The molecule has 0 bridgehead atoms. The maximum absolute atomic E-state index is 13.7. The van der Waals surface area contributed by atoms with Gasteiger partial charge in [0.2, 0.25) is 11.8 Å². The van der Waals surface area contributed by atoms with Crippen LogP contribution in [-0.4, -0.2) is 23.9 Å². The Bertz CT molecular complexity index is 519. The van der Waals surface area contributed by atoms with Crippen LogP contribution in [-0.2, 0) is 9.59 Å². The van der Waals surface area contributed by atoms with Gasteiger partial charge in [0.15, 0.2) is 0 Å². The van der Waals surface area contributed by atoms with Crippen molar-refractivity contribution in [1.29, 1.82) is 0 Å². The van der Waals surface area contributed by atoms with Crippen molar-refractivity contribution in [3.05, 3.63) is 29.8 Å². The molecule has 1 aliphatic heterocycles. The molecule has 2 unspecified atom stereocenters. The topological polar surface area (TPSA) is 49.4 Å². The standard InChI is InChI=1S/C12H12F2N2O2/c1-6-12(18)16(7(2)11(17)15-6)10-5-8(13)3-4-9(10)14/h3-7H,1-2H3,(H,15,17). The molecule has 0 aromatic heterocycles. The van der Waals surface area contributed by atoms with Crippen LogP contribution < -0.4 is 10.2 Å². The van der Waals surface area contributed by atoms with E-state index in [1.54, 1.807) is 0 Å². The average molecular weight is 254 g/mol. The highest BCUT2D eigenvalue weighted by atomic mass is 19.1. The Morgan fingerprint density at radius 1 is 1.22 bits per heavy atom. The second-order valence-electron chi connectivity index (χ2n) is 4.21. The third-order valence-electron chi connectivity index (χ3n) is 2.90. The molecule has 2 rings (SSSR count). The molecule has 6 heteroatoms. The van der Waals surface area contributed by atoms with Crippen LogP contribution >= 0.6 is 0 Å². The number of carbonyl (C=O) groups is 2. The second-order valence-corrected chi connectivity index (χ2v) is 4.21. The maximum atomic E-state index is 13.7. The van der Waals surface area contributed by atoms with Crippen molar-refractivity contribution in [3.63, 3.8) is 0 Å². The van der Waals surface area contributed by atoms with Crippen LogP contribution in [0.1, 0.15) is 13.8 Å². The summed E-state index contributed by atoms with van der Waals surface area (Å²) in [5.41, 5.74) is -0.214. The van der Waals surface area contributed by atoms with Crippen LogP contribution in [0.4, 0.5) is 14.5 Å². The summed E-state index contributed by atoms with van der Waals surface area (Å²) in [6.07, 6.45) is 0. The van der Waals surface area contributed by atoms with Crippen LogP contribution in [0.25, 0.3) is 0 Å². The summed E-state index contributed by atoms with van der Waals surface area (Å²) in [5, 5.41) is 2.47. The second kappa shape index (κ2) is 4.36. The van der Waals surface area contributed by atoms with Gasteiger partial charge in [-0.15, -0.1) is 0 Å². The SMILES string of the molecule is CC1NC(=O)C(C)N(c2cc(F)ccc2F)C1=O. The molecule has 0 radical (unpaired) electrons. The van der Waals surface area contributed by atoms with Gasteiger partial charge in [-0.3, -0.25) is 14.5 Å². The Morgan fingerprint density at radius 3 is 2.56 bits per heavy atom. The fraction of sp³-hybridized carbons (Fsp3) is 0.333. The van der Waals surface area contributed by atoms with Crippen molar-refractivity contribution >= 4 is 17.5 Å². The molecule has 1 aromatic carbocycles. The zero-order valence-electron chi connectivity index (χ0n) is 9.91. The lowest BCUT2D eigenvalue weighted by molar-refractivity contribution is -0.133. The van der Waals surface area contributed by atoms with Gasteiger partial charge in [-0.25, -0.2) is 8.78 Å². The van der Waals surface area contributed by atoms with E-state index in [1.165, 1.54) is 13.8 Å². The normalized spacial score (nSPS) is 24.1. The van der Waals surface area contributed by atoms with Crippen LogP contribution in [0.2, 0.25) is 0 Å². The first kappa shape index (κ1) is 12.5. The summed E-state index contributed by atoms with van der Waals surface area (Å²) in [6, 6.07) is 1.18. The van der Waals surface area contributed by atoms with Crippen molar-refractivity contribution in [2.24, 2.45) is 0 Å². The van der Waals surface area contributed by atoms with Crippen LogP contribution in [0.5, 0.6) is 0 Å². The Morgan fingerprint density at radius 2 is 1.89 bits per heavy atom. The van der Waals surface area contributed by atoms with Gasteiger partial charge in [0.1, 0.15) is 23.7 Å². The highest BCUT2D eigenvalue weighted by molar-refractivity contribution is 6.08. The van der Waals surface area contributed by atoms with Gasteiger partial charge in [0.25, 0.3) is 0 Å². The minimum Gasteiger partial charge on any atom is -0.343 e. The average Bonchev–Trinajstić information content (AvgIpc) is 2.31. The van der Waals surface area contributed by atoms with E-state index in [0.29, 0.717) is 0 Å². The number of piperazine rings is 1. The summed E-state index contributed by atoms with van der Waals surface area (Å²) in [7, 11) is 0. The molecule has 2 atom stereocenters. The van der Waals surface area contributed by atoms with Crippen molar-refractivity contribution in [1.82, 2.24) is 5.32 Å². The van der Waals surface area contributed by atoms with E-state index in [9.17, 15) is 18.4 Å². The molecular formula is C12H12F2N2O2. The third-order valence-corrected chi connectivity index (χ3v) is 2.90. The zero-order valence-corrected chi connectivity index (χ0v) is 9.91. The van der Waals surface area contributed by atoms with Gasteiger partial charge in [-0.05, 0) is 26.0 Å². The smallest absolute Gasteiger partial charge is 0.250 e. The Labute approximate surface area is 103 Å². The third kappa shape index (κ3) is 1.94. The number of amides is 2. The van der Waals surface area contributed by atoms with Gasteiger partial charge in [-0.1, -0.05) is 0 Å². The summed E-state index contributed by atoms with van der Waals surface area (Å²) < 4.78 is 26.8. The number of rotatable bonds is 1. The van der Waals surface area contributed by atoms with E-state index < -0.39 is 35.5 Å². The quantitative estimate of drug-likeness (QED) is 0.818. The molecule has 1 aliphatic rings. The number of anilines is 1. The predicted molar refractivity (Wildman–Crippen MR) is 60.9 cm³/mol. The van der Waals surface area contributed by atoms with Crippen LogP contribution in [0, 0.1) is 11.6 Å². The number of halogens is 2. The minimum absolute atomic E-state index is 0.214. The van der Waals surface area contributed by atoms with Crippen LogP contribution in [0.3, 0.4) is 0 Å². The number of hydrogen-bond donors (Lipinski definition) is 1. The maximum Gasteiger partial charge on any atom is 0.250 e. The molecule has 1 heterocycles. The van der Waals surface area contributed by atoms with E-state index in [1.807, 2.05) is 0 Å². The van der Waals surface area contributed by atoms with Gasteiger partial charge >= 0.3 is 0 Å². The summed E-state index contributed by atoms with van der Waals surface area (Å²) in [6.45, 7) is 2.96. The predicted octanol–water partition coefficient (Wildman–Crippen LogP) is 1.20. The lowest BCUT2D eigenvalue weighted by Gasteiger charge is -2.36. The Kier molecular flexibility index (Phi) is 3.02. The van der Waals surface area contributed by atoms with Gasteiger partial charge < -0.3 is 5.32 Å². The van der Waals surface area contributed by atoms with Crippen molar-refractivity contribution in [3.8, 4) is 0 Å². The fourth-order valence-corrected chi connectivity index (χ4v) is 1.91. The number of nitrogens with one attached hydrogen (secondary N) is 1. The molecule has 4 nitrogen and oxygen atoms in total. The Hall–Kier alpha value is -1.98. The van der Waals surface area contributed by atoms with E-state index in [-0.39, 0.29) is 5.69 Å². The number of nitrogens with zero attached hydrogens (tertiary/aromatic N) is 1. The van der Waals surface area contributed by atoms with Crippen molar-refractivity contribution in [2.45, 2.75) is 25.9 Å². The number of carbonyl (C=O) groups excluding carboxylic acids is 2. The highest BCUT2D eigenvalue weighted by Gasteiger charge is 2.37. The van der Waals surface area contributed by atoms with Crippen molar-refractivity contribution < 1.29 is 18.4 Å². The first-order valence-corrected chi connectivity index (χ1v) is 5.50. The summed E-state index contributed by atoms with van der Waals surface area (Å²) >= 11 is 0. The molecular weight excluding hydrogens is 242 g/mol. The molecule has 1 N–H and O–H groups in total. The minimum atomic E-state index is -0.870. The molecule has 1 aromatic rings. The molecule has 0 aliphatic carbocycles. The lowest BCUT2D eigenvalue weighted by Crippen LogP contribution is -2.62. The molecule has 1 saturated heterocycles. The summed E-state index contributed by atoms with van der Waals surface area (Å²) in [5.74, 6) is -2.26. The van der Waals surface area contributed by atoms with Gasteiger partial charge in [-0.2, -0.15) is 0 Å². The fourth-order valence-electron chi connectivity index (χ4n) is 1.91. The Balaban J connectivity index is 2.49. The lowest BCUT2D eigenvalue weighted by atomic mass is 10.1. The molecule has 0 saturated carbocycles. The molecule has 1 fully saturated rings. The first-order chi connectivity index (χ1) is 8.41. The number of benzene rings is 1. The van der Waals surface area contributed by atoms with E-state index in [0.717, 1.165) is 23.1 Å². The highest BCUT2D eigenvalue weighted by Crippen LogP contribution is 2.25. The molecule has 0 spiro atoms. The molecule has 96 valence electrons. The van der Waals surface area contributed by atoms with Gasteiger partial charge in [0.05, 0.1) is 5.69 Å². The monoisotopic (exact) mass is 254 g/mol. The van der Waals surface area contributed by atoms with E-state index in [2.05, 4.69) is 5.32 Å².